The number of hydrogen-bond acceptors (Lipinski definition) is 3. The molecule has 2 aromatic rings. The van der Waals surface area contributed by atoms with Crippen molar-refractivity contribution in [1.82, 2.24) is 9.55 Å². The van der Waals surface area contributed by atoms with Crippen molar-refractivity contribution in [1.29, 1.82) is 0 Å². The monoisotopic (exact) mass is 396 g/mol. The van der Waals surface area contributed by atoms with E-state index in [1.165, 1.54) is 12.3 Å². The third-order valence-corrected chi connectivity index (χ3v) is 4.99. The van der Waals surface area contributed by atoms with Crippen LogP contribution in [0.5, 0.6) is 0 Å². The van der Waals surface area contributed by atoms with E-state index >= 15 is 0 Å². The van der Waals surface area contributed by atoms with Gasteiger partial charge in [0.25, 0.3) is 0 Å². The van der Waals surface area contributed by atoms with Crippen LogP contribution in [-0.2, 0) is 16.3 Å². The van der Waals surface area contributed by atoms with Crippen LogP contribution < -0.4 is 0 Å². The van der Waals surface area contributed by atoms with Crippen LogP contribution in [0.25, 0.3) is 11.0 Å². The molecule has 1 aromatic carbocycles. The second-order valence-corrected chi connectivity index (χ2v) is 8.45. The smallest absolute Gasteiger partial charge is 0.149 e. The minimum absolute atomic E-state index is 0.0112. The first-order valence-corrected chi connectivity index (χ1v) is 9.71. The lowest BCUT2D eigenvalue weighted by Crippen LogP contribution is -2.18. The Hall–Kier alpha value is -0.660. The van der Waals surface area contributed by atoms with Crippen molar-refractivity contribution < 1.29 is 12.8 Å². The first-order chi connectivity index (χ1) is 9.73. The van der Waals surface area contributed by atoms with Crippen LogP contribution in [0.15, 0.2) is 16.6 Å². The molecule has 0 amide bonds. The highest BCUT2D eigenvalue weighted by molar-refractivity contribution is 9.10. The molecular formula is C13H15BrClFN2O2S. The van der Waals surface area contributed by atoms with Gasteiger partial charge in [0.2, 0.25) is 0 Å². The third kappa shape index (κ3) is 3.76. The van der Waals surface area contributed by atoms with Crippen LogP contribution in [-0.4, -0.2) is 35.9 Å². The highest BCUT2D eigenvalue weighted by Gasteiger charge is 2.20. The van der Waals surface area contributed by atoms with Gasteiger partial charge < -0.3 is 4.57 Å². The van der Waals surface area contributed by atoms with Crippen LogP contribution in [0.1, 0.15) is 18.8 Å². The second kappa shape index (κ2) is 6.22. The maximum Gasteiger partial charge on any atom is 0.149 e. The number of fused-ring (bicyclic) bond motifs is 1. The molecule has 1 atom stereocenters. The van der Waals surface area contributed by atoms with Crippen molar-refractivity contribution >= 4 is 48.4 Å². The fraction of sp³-hybridized carbons (Fsp3) is 0.462. The number of sulfone groups is 1. The fourth-order valence-electron chi connectivity index (χ4n) is 2.41. The van der Waals surface area contributed by atoms with Gasteiger partial charge in [0.05, 0.1) is 21.3 Å². The Balaban J connectivity index is 2.62. The van der Waals surface area contributed by atoms with Crippen molar-refractivity contribution in [3.8, 4) is 0 Å². The Morgan fingerprint density at radius 1 is 1.48 bits per heavy atom. The Morgan fingerprint density at radius 3 is 2.71 bits per heavy atom. The van der Waals surface area contributed by atoms with Gasteiger partial charge in [-0.2, -0.15) is 0 Å². The summed E-state index contributed by atoms with van der Waals surface area (Å²) in [4.78, 5) is 4.38. The highest BCUT2D eigenvalue weighted by atomic mass is 79.9. The summed E-state index contributed by atoms with van der Waals surface area (Å²) in [6.45, 7) is 1.80. The van der Waals surface area contributed by atoms with Crippen molar-refractivity contribution in [3.05, 3.63) is 28.2 Å². The van der Waals surface area contributed by atoms with E-state index in [1.807, 2.05) is 4.57 Å². The molecule has 21 heavy (non-hydrogen) atoms. The lowest BCUT2D eigenvalue weighted by atomic mass is 10.3. The molecule has 0 N–H and O–H groups in total. The van der Waals surface area contributed by atoms with Gasteiger partial charge in [-0.05, 0) is 28.9 Å². The number of rotatable bonds is 5. The molecule has 0 aliphatic carbocycles. The van der Waals surface area contributed by atoms with Gasteiger partial charge in [-0.3, -0.25) is 0 Å². The lowest BCUT2D eigenvalue weighted by Gasteiger charge is -2.16. The Kier molecular flexibility index (Phi) is 4.95. The predicted molar refractivity (Wildman–Crippen MR) is 86.2 cm³/mol. The molecular weight excluding hydrogens is 383 g/mol. The topological polar surface area (TPSA) is 52.0 Å². The molecule has 1 unspecified atom stereocenters. The first-order valence-electron chi connectivity index (χ1n) is 6.32. The van der Waals surface area contributed by atoms with Crippen molar-refractivity contribution in [2.45, 2.75) is 19.4 Å². The third-order valence-electron chi connectivity index (χ3n) is 3.11. The van der Waals surface area contributed by atoms with Gasteiger partial charge >= 0.3 is 0 Å². The fourth-order valence-corrected chi connectivity index (χ4v) is 3.93. The van der Waals surface area contributed by atoms with Crippen molar-refractivity contribution in [2.75, 3.05) is 17.9 Å². The van der Waals surface area contributed by atoms with Gasteiger partial charge in [0.15, 0.2) is 0 Å². The molecule has 0 spiro atoms. The Bertz CT molecular complexity index is 776. The summed E-state index contributed by atoms with van der Waals surface area (Å²) in [5.41, 5.74) is 1.19. The molecule has 0 saturated heterocycles. The number of hydrogen-bond donors (Lipinski definition) is 0. The number of imidazole rings is 1. The van der Waals surface area contributed by atoms with Gasteiger partial charge in [-0.15, -0.1) is 11.6 Å². The van der Waals surface area contributed by atoms with E-state index < -0.39 is 15.7 Å². The summed E-state index contributed by atoms with van der Waals surface area (Å²) in [5, 5.41) is 0. The molecule has 8 heteroatoms. The molecule has 0 radical (unpaired) electrons. The van der Waals surface area contributed by atoms with E-state index in [-0.39, 0.29) is 11.8 Å². The van der Waals surface area contributed by atoms with E-state index in [0.29, 0.717) is 33.6 Å². The van der Waals surface area contributed by atoms with Crippen LogP contribution in [0.2, 0.25) is 0 Å². The molecule has 0 saturated carbocycles. The van der Waals surface area contributed by atoms with Crippen LogP contribution in [0.3, 0.4) is 0 Å². The maximum atomic E-state index is 13.6. The van der Waals surface area contributed by atoms with Gasteiger partial charge in [0.1, 0.15) is 21.5 Å². The number of aromatic nitrogens is 2. The summed E-state index contributed by atoms with van der Waals surface area (Å²) >= 11 is 8.93. The van der Waals surface area contributed by atoms with E-state index in [4.69, 9.17) is 11.6 Å². The molecule has 116 valence electrons. The summed E-state index contributed by atoms with van der Waals surface area (Å²) < 4.78 is 38.8. The molecule has 1 aromatic heterocycles. The number of aryl methyl sites for hydroxylation is 1. The second-order valence-electron chi connectivity index (χ2n) is 5.03. The SMILES string of the molecule is CC(CS(C)(=O)=O)n1c(CCCl)nc2cc(F)c(Br)cc21. The quantitative estimate of drug-likeness (QED) is 0.727. The summed E-state index contributed by atoms with van der Waals surface area (Å²) in [5.74, 6) is 0.607. The van der Waals surface area contributed by atoms with E-state index in [1.54, 1.807) is 13.0 Å². The first kappa shape index (κ1) is 16.7. The van der Waals surface area contributed by atoms with Gasteiger partial charge in [-0.1, -0.05) is 0 Å². The van der Waals surface area contributed by atoms with Crippen molar-refractivity contribution in [3.63, 3.8) is 0 Å². The van der Waals surface area contributed by atoms with Crippen LogP contribution in [0.4, 0.5) is 4.39 Å². The molecule has 1 heterocycles. The average Bonchev–Trinajstić information content (AvgIpc) is 2.65. The molecule has 0 aliphatic heterocycles. The Morgan fingerprint density at radius 2 is 2.14 bits per heavy atom. The van der Waals surface area contributed by atoms with E-state index in [9.17, 15) is 12.8 Å². The minimum Gasteiger partial charge on any atom is -0.324 e. The summed E-state index contributed by atoms with van der Waals surface area (Å²) in [6, 6.07) is 2.65. The zero-order valence-electron chi connectivity index (χ0n) is 11.6. The zero-order valence-corrected chi connectivity index (χ0v) is 14.8. The molecule has 4 nitrogen and oxygen atoms in total. The lowest BCUT2D eigenvalue weighted by molar-refractivity contribution is 0.557. The Labute approximate surface area is 136 Å². The molecule has 0 bridgehead atoms. The number of alkyl halides is 1. The number of nitrogens with zero attached hydrogens (tertiary/aromatic N) is 2. The minimum atomic E-state index is -3.14. The van der Waals surface area contributed by atoms with E-state index in [0.717, 1.165) is 0 Å². The summed E-state index contributed by atoms with van der Waals surface area (Å²) in [6.07, 6.45) is 1.68. The van der Waals surface area contributed by atoms with E-state index in [2.05, 4.69) is 20.9 Å². The van der Waals surface area contributed by atoms with Crippen LogP contribution >= 0.6 is 27.5 Å². The summed E-state index contributed by atoms with van der Waals surface area (Å²) in [7, 11) is -3.14. The maximum absolute atomic E-state index is 13.6. The normalized spacial score (nSPS) is 13.8. The molecule has 0 aliphatic rings. The highest BCUT2D eigenvalue weighted by Crippen LogP contribution is 2.27. The zero-order chi connectivity index (χ0) is 15.8. The molecule has 2 rings (SSSR count). The molecule has 0 fully saturated rings. The van der Waals surface area contributed by atoms with Gasteiger partial charge in [0, 0.05) is 30.7 Å². The number of halogens is 3. The van der Waals surface area contributed by atoms with Crippen LogP contribution in [0, 0.1) is 5.82 Å². The largest absolute Gasteiger partial charge is 0.324 e. The number of benzene rings is 1. The predicted octanol–water partition coefficient (Wildman–Crippen LogP) is 3.32. The van der Waals surface area contributed by atoms with Gasteiger partial charge in [-0.25, -0.2) is 17.8 Å². The average molecular weight is 398 g/mol. The van der Waals surface area contributed by atoms with Crippen molar-refractivity contribution in [2.24, 2.45) is 0 Å². The standard InChI is InChI=1S/C13H15BrClFN2O2S/c1-8(7-21(2,19)20)18-12-5-9(14)10(16)6-11(12)17-13(18)3-4-15/h5-6,8H,3-4,7H2,1-2H3.